The van der Waals surface area contributed by atoms with E-state index in [1.54, 1.807) is 6.07 Å². The molecule has 21 heavy (non-hydrogen) atoms. The number of aryl methyl sites for hydroxylation is 1. The molecule has 2 rings (SSSR count). The first-order chi connectivity index (χ1) is 10.0. The summed E-state index contributed by atoms with van der Waals surface area (Å²) in [5, 5.41) is 8.31. The van der Waals surface area contributed by atoms with Gasteiger partial charge in [-0.2, -0.15) is 4.52 Å². The lowest BCUT2D eigenvalue weighted by Gasteiger charge is -2.24. The van der Waals surface area contributed by atoms with Crippen LogP contribution in [0, 0.1) is 0 Å². The van der Waals surface area contributed by atoms with E-state index in [4.69, 9.17) is 0 Å². The predicted molar refractivity (Wildman–Crippen MR) is 87.4 cm³/mol. The Morgan fingerprint density at radius 3 is 2.81 bits per heavy atom. The molecule has 0 atom stereocenters. The zero-order chi connectivity index (χ0) is 15.4. The first-order valence-corrected chi connectivity index (χ1v) is 8.24. The fraction of sp³-hybridized carbons (Fsp3) is 0.643. The topological polar surface area (TPSA) is 62.5 Å². The number of rotatable bonds is 7. The van der Waals surface area contributed by atoms with Gasteiger partial charge in [-0.3, -0.25) is 9.69 Å². The van der Waals surface area contributed by atoms with E-state index in [0.29, 0.717) is 11.0 Å². The molecule has 0 saturated carbocycles. The van der Waals surface area contributed by atoms with Crippen molar-refractivity contribution in [3.8, 4) is 0 Å². The van der Waals surface area contributed by atoms with Gasteiger partial charge >= 0.3 is 0 Å². The van der Waals surface area contributed by atoms with E-state index in [1.807, 2.05) is 6.92 Å². The molecule has 0 fully saturated rings. The van der Waals surface area contributed by atoms with Crippen molar-refractivity contribution in [2.24, 2.45) is 0 Å². The number of nitrogens with one attached hydrogen (secondary N) is 1. The van der Waals surface area contributed by atoms with Gasteiger partial charge in [-0.15, -0.1) is 5.10 Å². The number of aromatic nitrogens is 3. The molecular formula is C14H23N5OS. The first kappa shape index (κ1) is 15.9. The summed E-state index contributed by atoms with van der Waals surface area (Å²) in [7, 11) is 0. The van der Waals surface area contributed by atoms with Crippen LogP contribution in [0.3, 0.4) is 0 Å². The molecule has 1 N–H and O–H groups in total. The maximum atomic E-state index is 11.9. The van der Waals surface area contributed by atoms with Crippen molar-refractivity contribution >= 4 is 21.4 Å². The van der Waals surface area contributed by atoms with Gasteiger partial charge < -0.3 is 5.32 Å². The Labute approximate surface area is 128 Å². The Hall–Kier alpha value is -1.47. The second-order valence-electron chi connectivity index (χ2n) is 5.19. The molecule has 0 aromatic carbocycles. The van der Waals surface area contributed by atoms with E-state index >= 15 is 0 Å². The average molecular weight is 309 g/mol. The summed E-state index contributed by atoms with van der Waals surface area (Å²) in [6, 6.07) is 2.08. The van der Waals surface area contributed by atoms with Gasteiger partial charge in [-0.05, 0) is 26.8 Å². The number of anilines is 1. The lowest BCUT2D eigenvalue weighted by Crippen LogP contribution is -2.34. The van der Waals surface area contributed by atoms with E-state index < -0.39 is 0 Å². The fourth-order valence-electron chi connectivity index (χ4n) is 2.20. The van der Waals surface area contributed by atoms with Crippen LogP contribution in [0.15, 0.2) is 10.9 Å². The Bertz CT molecular complexity index is 648. The highest BCUT2D eigenvalue weighted by Gasteiger charge is 2.09. The van der Waals surface area contributed by atoms with E-state index in [1.165, 1.54) is 15.9 Å². The van der Waals surface area contributed by atoms with Crippen molar-refractivity contribution in [3.63, 3.8) is 0 Å². The summed E-state index contributed by atoms with van der Waals surface area (Å²) in [6.45, 7) is 11.3. The third kappa shape index (κ3) is 3.79. The molecule has 116 valence electrons. The summed E-state index contributed by atoms with van der Waals surface area (Å²) in [5.41, 5.74) is 0.700. The molecule has 0 saturated heterocycles. The Morgan fingerprint density at radius 1 is 1.43 bits per heavy atom. The van der Waals surface area contributed by atoms with Crippen LogP contribution >= 0.6 is 11.3 Å². The number of hydrogen-bond donors (Lipinski definition) is 1. The summed E-state index contributed by atoms with van der Waals surface area (Å²) >= 11 is 1.42. The van der Waals surface area contributed by atoms with Crippen LogP contribution in [-0.2, 0) is 6.42 Å². The van der Waals surface area contributed by atoms with Crippen LogP contribution in [0.2, 0.25) is 0 Å². The van der Waals surface area contributed by atoms with Crippen molar-refractivity contribution in [2.75, 3.05) is 25.0 Å². The van der Waals surface area contributed by atoms with E-state index in [-0.39, 0.29) is 5.56 Å². The standard InChI is InChI=1S/C14H23N5OS/c1-5-11-9-12(20)19-14(16-11)21-13(17-19)15-7-8-18(6-2)10(3)4/h9-10H,5-8H2,1-4H3,(H,15,17). The van der Waals surface area contributed by atoms with Gasteiger partial charge in [0.1, 0.15) is 0 Å². The van der Waals surface area contributed by atoms with Gasteiger partial charge in [0, 0.05) is 30.9 Å². The monoisotopic (exact) mass is 309 g/mol. The van der Waals surface area contributed by atoms with Crippen LogP contribution < -0.4 is 10.9 Å². The molecule has 0 spiro atoms. The third-order valence-electron chi connectivity index (χ3n) is 3.47. The molecule has 2 heterocycles. The molecular weight excluding hydrogens is 286 g/mol. The summed E-state index contributed by atoms with van der Waals surface area (Å²) in [5.74, 6) is 0. The van der Waals surface area contributed by atoms with Crippen molar-refractivity contribution in [1.82, 2.24) is 19.5 Å². The fourth-order valence-corrected chi connectivity index (χ4v) is 3.05. The average Bonchev–Trinajstić information content (AvgIpc) is 2.86. The second kappa shape index (κ2) is 7.00. The molecule has 0 radical (unpaired) electrons. The summed E-state index contributed by atoms with van der Waals surface area (Å²) < 4.78 is 1.37. The Morgan fingerprint density at radius 2 is 2.19 bits per heavy atom. The highest BCUT2D eigenvalue weighted by atomic mass is 32.1. The molecule has 0 aliphatic carbocycles. The molecule has 0 amide bonds. The summed E-state index contributed by atoms with van der Waals surface area (Å²) in [4.78, 5) is 19.4. The highest BCUT2D eigenvalue weighted by Crippen LogP contribution is 2.16. The maximum Gasteiger partial charge on any atom is 0.275 e. The predicted octanol–water partition coefficient (Wildman–Crippen LogP) is 1.86. The van der Waals surface area contributed by atoms with Crippen molar-refractivity contribution < 1.29 is 0 Å². The van der Waals surface area contributed by atoms with Gasteiger partial charge in [-0.25, -0.2) is 4.98 Å². The van der Waals surface area contributed by atoms with E-state index in [9.17, 15) is 4.79 Å². The zero-order valence-electron chi connectivity index (χ0n) is 13.1. The van der Waals surface area contributed by atoms with Crippen molar-refractivity contribution in [2.45, 2.75) is 40.2 Å². The van der Waals surface area contributed by atoms with Crippen LogP contribution in [0.25, 0.3) is 4.96 Å². The highest BCUT2D eigenvalue weighted by molar-refractivity contribution is 7.20. The van der Waals surface area contributed by atoms with Crippen molar-refractivity contribution in [1.29, 1.82) is 0 Å². The maximum absolute atomic E-state index is 11.9. The van der Waals surface area contributed by atoms with Gasteiger partial charge in [-0.1, -0.05) is 25.2 Å². The minimum Gasteiger partial charge on any atom is -0.359 e. The van der Waals surface area contributed by atoms with Crippen LogP contribution in [0.5, 0.6) is 0 Å². The molecule has 2 aromatic heterocycles. The third-order valence-corrected chi connectivity index (χ3v) is 4.34. The molecule has 6 nitrogen and oxygen atoms in total. The SMILES string of the molecule is CCc1cc(=O)n2nc(NCCN(CC)C(C)C)sc2n1. The number of fused-ring (bicyclic) bond motifs is 1. The Kier molecular flexibility index (Phi) is 5.30. The lowest BCUT2D eigenvalue weighted by molar-refractivity contribution is 0.243. The normalized spacial score (nSPS) is 11.7. The zero-order valence-corrected chi connectivity index (χ0v) is 13.9. The molecule has 0 aliphatic heterocycles. The molecule has 0 unspecified atom stereocenters. The van der Waals surface area contributed by atoms with Gasteiger partial charge in [0.05, 0.1) is 0 Å². The minimum absolute atomic E-state index is 0.112. The largest absolute Gasteiger partial charge is 0.359 e. The molecule has 0 bridgehead atoms. The molecule has 2 aromatic rings. The van der Waals surface area contributed by atoms with Crippen LogP contribution in [0.4, 0.5) is 5.13 Å². The number of hydrogen-bond acceptors (Lipinski definition) is 6. The van der Waals surface area contributed by atoms with Crippen LogP contribution in [-0.4, -0.2) is 45.2 Å². The first-order valence-electron chi connectivity index (χ1n) is 7.42. The van der Waals surface area contributed by atoms with Gasteiger partial charge in [0.25, 0.3) is 5.56 Å². The Balaban J connectivity index is 2.06. The van der Waals surface area contributed by atoms with Gasteiger partial charge in [0.15, 0.2) is 0 Å². The minimum atomic E-state index is -0.112. The van der Waals surface area contributed by atoms with Crippen molar-refractivity contribution in [3.05, 3.63) is 22.1 Å². The van der Waals surface area contributed by atoms with E-state index in [2.05, 4.69) is 41.1 Å². The van der Waals surface area contributed by atoms with Gasteiger partial charge in [0.2, 0.25) is 10.1 Å². The van der Waals surface area contributed by atoms with E-state index in [0.717, 1.165) is 36.9 Å². The number of likely N-dealkylation sites (N-methyl/N-ethyl adjacent to an activating group) is 1. The number of nitrogens with zero attached hydrogens (tertiary/aromatic N) is 4. The summed E-state index contributed by atoms with van der Waals surface area (Å²) in [6.07, 6.45) is 0.756. The quantitative estimate of drug-likeness (QED) is 0.846. The second-order valence-corrected chi connectivity index (χ2v) is 6.15. The lowest BCUT2D eigenvalue weighted by atomic mass is 10.3. The molecule has 7 heteroatoms. The molecule has 0 aliphatic rings. The van der Waals surface area contributed by atoms with Crippen LogP contribution in [0.1, 0.15) is 33.4 Å². The smallest absolute Gasteiger partial charge is 0.275 e.